The third-order valence-corrected chi connectivity index (χ3v) is 5.69. The number of amides is 2. The molecule has 0 aliphatic rings. The van der Waals surface area contributed by atoms with Gasteiger partial charge in [-0.05, 0) is 55.3 Å². The minimum absolute atomic E-state index is 0.233. The van der Waals surface area contributed by atoms with Crippen molar-refractivity contribution in [1.29, 1.82) is 0 Å². The average molecular weight is 452 g/mol. The Bertz CT molecular complexity index is 1300. The van der Waals surface area contributed by atoms with E-state index in [1.54, 1.807) is 42.5 Å². The number of aromatic nitrogens is 1. The number of anilines is 1. The number of halogens is 1. The van der Waals surface area contributed by atoms with Crippen LogP contribution in [0.3, 0.4) is 0 Å². The molecule has 31 heavy (non-hydrogen) atoms. The van der Waals surface area contributed by atoms with Gasteiger partial charge in [0.2, 0.25) is 11.0 Å². The Labute approximate surface area is 188 Å². The number of benzene rings is 3. The molecule has 4 aromatic rings. The molecule has 0 bridgehead atoms. The lowest BCUT2D eigenvalue weighted by atomic mass is 10.1. The minimum Gasteiger partial charge on any atom is -0.436 e. The van der Waals surface area contributed by atoms with Crippen LogP contribution >= 0.6 is 23.5 Å². The molecule has 3 aromatic carbocycles. The van der Waals surface area contributed by atoms with Crippen LogP contribution in [0.5, 0.6) is 0 Å². The molecular formula is C23H18ClN3O3S. The van der Waals surface area contributed by atoms with Crippen molar-refractivity contribution in [3.05, 3.63) is 82.4 Å². The fourth-order valence-corrected chi connectivity index (χ4v) is 3.86. The van der Waals surface area contributed by atoms with Crippen molar-refractivity contribution in [2.45, 2.75) is 13.8 Å². The molecule has 8 heteroatoms. The lowest BCUT2D eigenvalue weighted by Gasteiger charge is -2.11. The van der Waals surface area contributed by atoms with Crippen molar-refractivity contribution in [2.75, 3.05) is 5.32 Å². The largest absolute Gasteiger partial charge is 0.436 e. The van der Waals surface area contributed by atoms with Gasteiger partial charge in [-0.1, -0.05) is 41.9 Å². The third kappa shape index (κ3) is 4.57. The fraction of sp³-hybridized carbons (Fsp3) is 0.0870. The van der Waals surface area contributed by atoms with Gasteiger partial charge in [0.25, 0.3) is 0 Å². The Morgan fingerprint density at radius 1 is 1.03 bits per heavy atom. The van der Waals surface area contributed by atoms with Crippen LogP contribution < -0.4 is 10.0 Å². The number of rotatable bonds is 3. The van der Waals surface area contributed by atoms with E-state index >= 15 is 0 Å². The molecule has 1 heterocycles. The molecule has 2 N–H and O–H groups in total. The number of aryl methyl sites for hydroxylation is 1. The fourth-order valence-electron chi connectivity index (χ4n) is 3.12. The normalized spacial score (nSPS) is 10.8. The SMILES string of the molecule is Cc1ccccc1C(=O)SNC(=O)Nc1cccc(-c2nc3cc(Cl)ccc3o2)c1C. The molecule has 1 aromatic heterocycles. The standard InChI is InChI=1S/C23H18ClN3O3S/c1-13-6-3-4-7-16(13)22(28)31-27-23(29)26-18-9-5-8-17(14(18)2)21-25-19-12-15(24)10-11-20(19)30-21/h3-12H,1-2H3,(H2,26,27,29). The number of fused-ring (bicyclic) bond motifs is 1. The van der Waals surface area contributed by atoms with Gasteiger partial charge in [0.15, 0.2) is 5.58 Å². The van der Waals surface area contributed by atoms with Gasteiger partial charge in [-0.15, -0.1) is 0 Å². The van der Waals surface area contributed by atoms with E-state index in [1.165, 1.54) is 0 Å². The van der Waals surface area contributed by atoms with Crippen LogP contribution in [0.15, 0.2) is 65.1 Å². The second-order valence-corrected chi connectivity index (χ2v) is 8.09. The Hall–Kier alpha value is -3.29. The maximum atomic E-state index is 12.4. The van der Waals surface area contributed by atoms with E-state index in [4.69, 9.17) is 16.0 Å². The molecule has 0 atom stereocenters. The number of carbonyl (C=O) groups excluding carboxylic acids is 2. The highest BCUT2D eigenvalue weighted by molar-refractivity contribution is 8.12. The van der Waals surface area contributed by atoms with Crippen LogP contribution in [0.25, 0.3) is 22.6 Å². The average Bonchev–Trinajstić information content (AvgIpc) is 3.16. The minimum atomic E-state index is -0.503. The van der Waals surface area contributed by atoms with Gasteiger partial charge in [0.1, 0.15) is 5.52 Å². The van der Waals surface area contributed by atoms with Crippen molar-refractivity contribution in [3.63, 3.8) is 0 Å². The van der Waals surface area contributed by atoms with E-state index in [-0.39, 0.29) is 5.12 Å². The molecule has 6 nitrogen and oxygen atoms in total. The molecule has 4 rings (SSSR count). The zero-order valence-corrected chi connectivity index (χ0v) is 18.3. The van der Waals surface area contributed by atoms with Crippen LogP contribution in [0.1, 0.15) is 21.5 Å². The number of carbonyl (C=O) groups is 2. The summed E-state index contributed by atoms with van der Waals surface area (Å²) in [4.78, 5) is 29.2. The monoisotopic (exact) mass is 451 g/mol. The predicted octanol–water partition coefficient (Wildman–Crippen LogP) is 6.38. The van der Waals surface area contributed by atoms with Gasteiger partial charge in [-0.2, -0.15) is 0 Å². The third-order valence-electron chi connectivity index (χ3n) is 4.76. The Morgan fingerprint density at radius 3 is 2.65 bits per heavy atom. The first-order chi connectivity index (χ1) is 14.9. The second-order valence-electron chi connectivity index (χ2n) is 6.87. The van der Waals surface area contributed by atoms with Crippen molar-refractivity contribution in [2.24, 2.45) is 0 Å². The summed E-state index contributed by atoms with van der Waals surface area (Å²) in [6.07, 6.45) is 0. The van der Waals surface area contributed by atoms with Gasteiger partial charge in [-0.3, -0.25) is 9.52 Å². The van der Waals surface area contributed by atoms with Gasteiger partial charge in [0.05, 0.1) is 0 Å². The van der Waals surface area contributed by atoms with E-state index in [9.17, 15) is 9.59 Å². The summed E-state index contributed by atoms with van der Waals surface area (Å²) >= 11 is 6.76. The maximum Gasteiger partial charge on any atom is 0.329 e. The van der Waals surface area contributed by atoms with Gasteiger partial charge >= 0.3 is 6.03 Å². The van der Waals surface area contributed by atoms with E-state index in [2.05, 4.69) is 15.0 Å². The summed E-state index contributed by atoms with van der Waals surface area (Å²) in [5.74, 6) is 0.433. The summed E-state index contributed by atoms with van der Waals surface area (Å²) in [5, 5.41) is 3.12. The molecule has 2 amide bonds. The van der Waals surface area contributed by atoms with E-state index in [1.807, 2.05) is 32.0 Å². The lowest BCUT2D eigenvalue weighted by molar-refractivity contribution is 0.108. The van der Waals surface area contributed by atoms with Crippen LogP contribution in [-0.4, -0.2) is 16.1 Å². The van der Waals surface area contributed by atoms with Crippen molar-refractivity contribution >= 4 is 51.5 Å². The number of nitrogens with zero attached hydrogens (tertiary/aromatic N) is 1. The van der Waals surface area contributed by atoms with Crippen LogP contribution in [0, 0.1) is 13.8 Å². The summed E-state index contributed by atoms with van der Waals surface area (Å²) < 4.78 is 8.38. The zero-order valence-electron chi connectivity index (χ0n) is 16.7. The molecule has 0 saturated heterocycles. The molecule has 0 radical (unpaired) electrons. The molecule has 0 aliphatic carbocycles. The smallest absolute Gasteiger partial charge is 0.329 e. The van der Waals surface area contributed by atoms with Crippen molar-refractivity contribution in [3.8, 4) is 11.5 Å². The quantitative estimate of drug-likeness (QED) is 0.353. The van der Waals surface area contributed by atoms with Gasteiger partial charge < -0.3 is 9.73 Å². The molecule has 0 spiro atoms. The zero-order chi connectivity index (χ0) is 22.0. The summed E-state index contributed by atoms with van der Waals surface area (Å²) in [6, 6.07) is 17.4. The number of urea groups is 1. The first-order valence-electron chi connectivity index (χ1n) is 9.42. The van der Waals surface area contributed by atoms with Crippen LogP contribution in [0.4, 0.5) is 10.5 Å². The second kappa shape index (κ2) is 8.83. The number of hydrogen-bond donors (Lipinski definition) is 2. The first-order valence-corrected chi connectivity index (χ1v) is 10.6. The number of oxazole rings is 1. The van der Waals surface area contributed by atoms with Crippen molar-refractivity contribution < 1.29 is 14.0 Å². The van der Waals surface area contributed by atoms with E-state index in [0.29, 0.717) is 33.3 Å². The molecule has 0 unspecified atom stereocenters. The van der Waals surface area contributed by atoms with E-state index < -0.39 is 6.03 Å². The summed E-state index contributed by atoms with van der Waals surface area (Å²) in [6.45, 7) is 3.71. The van der Waals surface area contributed by atoms with E-state index in [0.717, 1.165) is 28.6 Å². The molecule has 156 valence electrons. The van der Waals surface area contributed by atoms with Gasteiger partial charge in [0, 0.05) is 33.8 Å². The summed E-state index contributed by atoms with van der Waals surface area (Å²) in [5.41, 5.74) is 4.80. The number of hydrogen-bond acceptors (Lipinski definition) is 5. The Morgan fingerprint density at radius 2 is 1.84 bits per heavy atom. The molecule has 0 aliphatic heterocycles. The molecule has 0 saturated carbocycles. The lowest BCUT2D eigenvalue weighted by Crippen LogP contribution is -2.25. The number of nitrogens with one attached hydrogen (secondary N) is 2. The van der Waals surface area contributed by atoms with Gasteiger partial charge in [-0.25, -0.2) is 9.78 Å². The highest BCUT2D eigenvalue weighted by Gasteiger charge is 2.16. The van der Waals surface area contributed by atoms with Crippen LogP contribution in [-0.2, 0) is 0 Å². The highest BCUT2D eigenvalue weighted by atomic mass is 35.5. The first kappa shape index (κ1) is 21.0. The summed E-state index contributed by atoms with van der Waals surface area (Å²) in [7, 11) is 0. The highest BCUT2D eigenvalue weighted by Crippen LogP contribution is 2.31. The predicted molar refractivity (Wildman–Crippen MR) is 124 cm³/mol. The van der Waals surface area contributed by atoms with Crippen molar-refractivity contribution in [1.82, 2.24) is 9.71 Å². The molecular weight excluding hydrogens is 434 g/mol. The molecule has 0 fully saturated rings. The maximum absolute atomic E-state index is 12.4. The Kier molecular flexibility index (Phi) is 5.97. The Balaban J connectivity index is 1.48. The topological polar surface area (TPSA) is 84.2 Å². The van der Waals surface area contributed by atoms with Crippen LogP contribution in [0.2, 0.25) is 5.02 Å².